The molecule has 1 heterocycles. The number of ether oxygens (including phenoxy) is 1. The van der Waals surface area contributed by atoms with Gasteiger partial charge in [0.05, 0.1) is 0 Å². The summed E-state index contributed by atoms with van der Waals surface area (Å²) in [6.45, 7) is 4.92. The van der Waals surface area contributed by atoms with Crippen molar-refractivity contribution in [1.82, 2.24) is 0 Å². The molecule has 2 atom stereocenters. The van der Waals surface area contributed by atoms with Crippen LogP contribution in [0.1, 0.15) is 26.2 Å². The van der Waals surface area contributed by atoms with E-state index in [2.05, 4.69) is 86.4 Å². The van der Waals surface area contributed by atoms with Gasteiger partial charge in [0.2, 0.25) is 0 Å². The molecule has 0 bridgehead atoms. The molecule has 4 aromatic rings. The summed E-state index contributed by atoms with van der Waals surface area (Å²) >= 11 is 0. The van der Waals surface area contributed by atoms with Crippen LogP contribution < -0.4 is 10.0 Å². The van der Waals surface area contributed by atoms with Gasteiger partial charge >= 0.3 is 179 Å². The van der Waals surface area contributed by atoms with E-state index >= 15 is 0 Å². The molecule has 1 nitrogen and oxygen atoms in total. The number of hydrogen-bond acceptors (Lipinski definition) is 1. The Hall–Kier alpha value is -2.37. The summed E-state index contributed by atoms with van der Waals surface area (Å²) in [6, 6.07) is 26.8. The van der Waals surface area contributed by atoms with Gasteiger partial charge in [-0.25, -0.2) is 0 Å². The van der Waals surface area contributed by atoms with Gasteiger partial charge in [-0.2, -0.15) is 0 Å². The first kappa shape index (κ1) is 18.4. The molecule has 4 aromatic carbocycles. The summed E-state index contributed by atoms with van der Waals surface area (Å²) in [5, 5.41) is 6.93. The van der Waals surface area contributed by atoms with Gasteiger partial charge in [0.25, 0.3) is 0 Å². The molecule has 1 saturated carbocycles. The minimum absolute atomic E-state index is 0.876. The Bertz CT molecular complexity index is 1220. The van der Waals surface area contributed by atoms with Crippen molar-refractivity contribution in [3.8, 4) is 16.9 Å². The third-order valence-corrected chi connectivity index (χ3v) is 12.3. The van der Waals surface area contributed by atoms with Crippen LogP contribution in [0, 0.1) is 5.92 Å². The molecule has 1 aliphatic heterocycles. The molecule has 0 spiro atoms. The molecule has 6 rings (SSSR count). The number of hydrogen-bond donors (Lipinski definition) is 0. The summed E-state index contributed by atoms with van der Waals surface area (Å²) < 4.78 is 6.39. The standard InChI is InChI=1S/C28H29OP/c1-3-9-21-17-26(21)30(2)18-29-25-15-8-14-24(28(25)30)27-22-12-6-4-10-19(22)16-20-11-5-7-13-23(20)27/h4-8,10-16,21,26,30H,3,9,17-18H2,1-2H3. The predicted molar refractivity (Wildman–Crippen MR) is 133 cm³/mol. The monoisotopic (exact) mass is 412 g/mol. The zero-order chi connectivity index (χ0) is 20.3. The van der Waals surface area contributed by atoms with Crippen molar-refractivity contribution >= 4 is 34.1 Å². The minimum atomic E-state index is -1.70. The Morgan fingerprint density at radius 1 is 0.900 bits per heavy atom. The first-order valence-electron chi connectivity index (χ1n) is 11.4. The molecular formula is C28H29OP. The second-order valence-electron chi connectivity index (χ2n) is 9.47. The van der Waals surface area contributed by atoms with Gasteiger partial charge in [-0.05, 0) is 0 Å². The van der Waals surface area contributed by atoms with Crippen LogP contribution in [0.3, 0.4) is 0 Å². The van der Waals surface area contributed by atoms with E-state index in [-0.39, 0.29) is 0 Å². The Balaban J connectivity index is 1.64. The summed E-state index contributed by atoms with van der Waals surface area (Å²) in [5.41, 5.74) is 3.70. The van der Waals surface area contributed by atoms with E-state index in [0.29, 0.717) is 0 Å². The van der Waals surface area contributed by atoms with E-state index in [1.165, 1.54) is 51.9 Å². The molecule has 0 aromatic heterocycles. The Morgan fingerprint density at radius 3 is 2.30 bits per heavy atom. The average Bonchev–Trinajstić information content (AvgIpc) is 3.47. The van der Waals surface area contributed by atoms with Crippen molar-refractivity contribution in [3.05, 3.63) is 72.8 Å². The topological polar surface area (TPSA) is 9.23 Å². The van der Waals surface area contributed by atoms with Gasteiger partial charge in [0, 0.05) is 0 Å². The van der Waals surface area contributed by atoms with Gasteiger partial charge < -0.3 is 0 Å². The van der Waals surface area contributed by atoms with Crippen molar-refractivity contribution in [2.24, 2.45) is 5.92 Å². The van der Waals surface area contributed by atoms with Crippen molar-refractivity contribution in [2.75, 3.05) is 13.0 Å². The number of fused-ring (bicyclic) bond motifs is 3. The van der Waals surface area contributed by atoms with Gasteiger partial charge in [-0.1, -0.05) is 0 Å². The maximum absolute atomic E-state index is 6.39. The van der Waals surface area contributed by atoms with Crippen LogP contribution in [0.5, 0.6) is 5.75 Å². The fourth-order valence-corrected chi connectivity index (χ4v) is 10.8. The SMILES string of the molecule is CCCC1CC1[PH]1(C)COc2cccc(-c3c4ccccc4cc4ccccc34)c21. The Kier molecular flexibility index (Phi) is 4.19. The number of benzene rings is 4. The molecule has 0 amide bonds. The molecule has 2 heteroatoms. The van der Waals surface area contributed by atoms with Crippen molar-refractivity contribution in [3.63, 3.8) is 0 Å². The number of rotatable bonds is 4. The van der Waals surface area contributed by atoms with E-state index in [4.69, 9.17) is 4.74 Å². The predicted octanol–water partition coefficient (Wildman–Crippen LogP) is 7.20. The molecule has 30 heavy (non-hydrogen) atoms. The Labute approximate surface area is 179 Å². The first-order chi connectivity index (χ1) is 14.7. The molecule has 152 valence electrons. The van der Waals surface area contributed by atoms with E-state index in [1.54, 1.807) is 5.30 Å². The fourth-order valence-electron chi connectivity index (χ4n) is 6.06. The molecule has 0 saturated heterocycles. The quantitative estimate of drug-likeness (QED) is 0.254. The van der Waals surface area contributed by atoms with Crippen LogP contribution in [0.2, 0.25) is 0 Å². The van der Waals surface area contributed by atoms with Crippen LogP contribution in [-0.2, 0) is 0 Å². The van der Waals surface area contributed by atoms with Gasteiger partial charge in [0.15, 0.2) is 0 Å². The molecule has 1 aliphatic carbocycles. The average molecular weight is 413 g/mol. The third-order valence-electron chi connectivity index (χ3n) is 7.57. The summed E-state index contributed by atoms with van der Waals surface area (Å²) in [7, 11) is -1.70. The van der Waals surface area contributed by atoms with Crippen LogP contribution in [0.25, 0.3) is 32.7 Å². The van der Waals surface area contributed by atoms with Gasteiger partial charge in [0.1, 0.15) is 0 Å². The van der Waals surface area contributed by atoms with Crippen molar-refractivity contribution in [1.29, 1.82) is 0 Å². The second kappa shape index (κ2) is 6.82. The van der Waals surface area contributed by atoms with Crippen molar-refractivity contribution in [2.45, 2.75) is 31.8 Å². The molecule has 2 unspecified atom stereocenters. The van der Waals surface area contributed by atoms with E-state index in [1.807, 2.05) is 0 Å². The van der Waals surface area contributed by atoms with E-state index in [0.717, 1.165) is 23.7 Å². The first-order valence-corrected chi connectivity index (χ1v) is 14.2. The van der Waals surface area contributed by atoms with Crippen LogP contribution in [0.4, 0.5) is 0 Å². The molecule has 0 radical (unpaired) electrons. The van der Waals surface area contributed by atoms with E-state index in [9.17, 15) is 0 Å². The second-order valence-corrected chi connectivity index (χ2v) is 13.8. The molecule has 1 fully saturated rings. The summed E-state index contributed by atoms with van der Waals surface area (Å²) in [4.78, 5) is 0. The zero-order valence-electron chi connectivity index (χ0n) is 17.8. The van der Waals surface area contributed by atoms with Crippen LogP contribution in [-0.4, -0.2) is 18.7 Å². The zero-order valence-corrected chi connectivity index (χ0v) is 18.8. The maximum atomic E-state index is 6.39. The van der Waals surface area contributed by atoms with Crippen LogP contribution >= 0.6 is 7.26 Å². The summed E-state index contributed by atoms with van der Waals surface area (Å²) in [6.07, 6.45) is 5.04. The molecule has 2 aliphatic rings. The van der Waals surface area contributed by atoms with Gasteiger partial charge in [-0.15, -0.1) is 0 Å². The molecular weight excluding hydrogens is 383 g/mol. The Morgan fingerprint density at radius 2 is 1.60 bits per heavy atom. The normalized spacial score (nSPS) is 22.6. The summed E-state index contributed by atoms with van der Waals surface area (Å²) in [5.74, 6) is 2.07. The van der Waals surface area contributed by atoms with Crippen molar-refractivity contribution < 1.29 is 4.74 Å². The fraction of sp³-hybridized carbons (Fsp3) is 0.286. The van der Waals surface area contributed by atoms with Crippen LogP contribution in [0.15, 0.2) is 72.8 Å². The molecule has 0 N–H and O–H groups in total. The third kappa shape index (κ3) is 2.65. The van der Waals surface area contributed by atoms with Gasteiger partial charge in [-0.3, -0.25) is 0 Å². The van der Waals surface area contributed by atoms with E-state index < -0.39 is 7.26 Å².